The highest BCUT2D eigenvalue weighted by molar-refractivity contribution is 6.31. The third kappa shape index (κ3) is 1.83. The number of hydrogen-bond acceptors (Lipinski definition) is 2. The lowest BCUT2D eigenvalue weighted by Crippen LogP contribution is -2.21. The Hall–Kier alpha value is -1.20. The average molecular weight is 222 g/mol. The molecule has 0 radical (unpaired) electrons. The predicted octanol–water partition coefficient (Wildman–Crippen LogP) is 1.70. The molecule has 1 atom stereocenters. The Morgan fingerprint density at radius 2 is 2.07 bits per heavy atom. The molecule has 1 aromatic rings. The first-order chi connectivity index (χ1) is 6.45. The SMILES string of the molecule is NC(C(=O)O)c1ccc(F)c(F)c1Cl. The van der Waals surface area contributed by atoms with Gasteiger partial charge in [0, 0.05) is 5.56 Å². The molecule has 0 heterocycles. The molecule has 0 saturated carbocycles. The standard InChI is InChI=1S/C8H6ClF2NO2/c9-5-3(7(12)8(13)14)1-2-4(10)6(5)11/h1-2,7H,12H2,(H,13,14). The van der Waals surface area contributed by atoms with E-state index in [2.05, 4.69) is 0 Å². The van der Waals surface area contributed by atoms with Crippen LogP contribution in [0.3, 0.4) is 0 Å². The van der Waals surface area contributed by atoms with E-state index in [0.717, 1.165) is 12.1 Å². The molecule has 0 fully saturated rings. The molecule has 14 heavy (non-hydrogen) atoms. The predicted molar refractivity (Wildman–Crippen MR) is 45.9 cm³/mol. The van der Waals surface area contributed by atoms with Gasteiger partial charge in [-0.25, -0.2) is 8.78 Å². The van der Waals surface area contributed by atoms with Crippen LogP contribution < -0.4 is 5.73 Å². The van der Waals surface area contributed by atoms with E-state index in [9.17, 15) is 13.6 Å². The monoisotopic (exact) mass is 221 g/mol. The molecule has 0 bridgehead atoms. The first-order valence-electron chi connectivity index (χ1n) is 3.57. The van der Waals surface area contributed by atoms with E-state index < -0.39 is 28.7 Å². The molecule has 0 aliphatic heterocycles. The van der Waals surface area contributed by atoms with Crippen molar-refractivity contribution in [3.8, 4) is 0 Å². The number of benzene rings is 1. The zero-order valence-electron chi connectivity index (χ0n) is 6.80. The average Bonchev–Trinajstić information content (AvgIpc) is 2.13. The number of carbonyl (C=O) groups is 1. The summed E-state index contributed by atoms with van der Waals surface area (Å²) in [5.74, 6) is -3.80. The fraction of sp³-hybridized carbons (Fsp3) is 0.125. The Kier molecular flexibility index (Phi) is 3.03. The summed E-state index contributed by atoms with van der Waals surface area (Å²) in [4.78, 5) is 10.4. The number of aliphatic carboxylic acids is 1. The molecular weight excluding hydrogens is 216 g/mol. The molecule has 1 rings (SSSR count). The van der Waals surface area contributed by atoms with Gasteiger partial charge in [0.2, 0.25) is 0 Å². The molecule has 0 spiro atoms. The van der Waals surface area contributed by atoms with Crippen molar-refractivity contribution in [2.75, 3.05) is 0 Å². The lowest BCUT2D eigenvalue weighted by molar-refractivity contribution is -0.138. The largest absolute Gasteiger partial charge is 0.480 e. The highest BCUT2D eigenvalue weighted by Gasteiger charge is 2.21. The molecule has 0 saturated heterocycles. The van der Waals surface area contributed by atoms with Crippen molar-refractivity contribution in [1.29, 1.82) is 0 Å². The van der Waals surface area contributed by atoms with E-state index in [-0.39, 0.29) is 5.56 Å². The van der Waals surface area contributed by atoms with Gasteiger partial charge in [0.15, 0.2) is 11.6 Å². The van der Waals surface area contributed by atoms with Gasteiger partial charge in [0.05, 0.1) is 5.02 Å². The van der Waals surface area contributed by atoms with E-state index in [0.29, 0.717) is 0 Å². The Bertz CT molecular complexity index is 384. The minimum atomic E-state index is -1.46. The summed E-state index contributed by atoms with van der Waals surface area (Å²) >= 11 is 5.38. The molecule has 3 nitrogen and oxygen atoms in total. The van der Waals surface area contributed by atoms with E-state index in [4.69, 9.17) is 22.4 Å². The van der Waals surface area contributed by atoms with Crippen LogP contribution in [0.4, 0.5) is 8.78 Å². The van der Waals surface area contributed by atoms with Crippen molar-refractivity contribution in [3.05, 3.63) is 34.4 Å². The number of halogens is 3. The fourth-order valence-corrected chi connectivity index (χ4v) is 1.18. The smallest absolute Gasteiger partial charge is 0.325 e. The van der Waals surface area contributed by atoms with Gasteiger partial charge in [0.25, 0.3) is 0 Å². The molecule has 76 valence electrons. The molecule has 0 amide bonds. The number of nitrogens with two attached hydrogens (primary N) is 1. The molecule has 0 aliphatic rings. The van der Waals surface area contributed by atoms with Crippen LogP contribution in [0.5, 0.6) is 0 Å². The van der Waals surface area contributed by atoms with Crippen molar-refractivity contribution in [2.24, 2.45) is 5.73 Å². The van der Waals surface area contributed by atoms with E-state index in [1.807, 2.05) is 0 Å². The summed E-state index contributed by atoms with van der Waals surface area (Å²) in [6.07, 6.45) is 0. The van der Waals surface area contributed by atoms with Gasteiger partial charge in [-0.15, -0.1) is 0 Å². The third-order valence-electron chi connectivity index (χ3n) is 1.67. The van der Waals surface area contributed by atoms with Crippen molar-refractivity contribution in [3.63, 3.8) is 0 Å². The lowest BCUT2D eigenvalue weighted by atomic mass is 10.1. The zero-order valence-corrected chi connectivity index (χ0v) is 7.55. The summed E-state index contributed by atoms with van der Waals surface area (Å²) in [6, 6.07) is 0.358. The van der Waals surface area contributed by atoms with Gasteiger partial charge in [-0.2, -0.15) is 0 Å². The van der Waals surface area contributed by atoms with Crippen molar-refractivity contribution < 1.29 is 18.7 Å². The van der Waals surface area contributed by atoms with E-state index >= 15 is 0 Å². The Morgan fingerprint density at radius 3 is 2.57 bits per heavy atom. The summed E-state index contributed by atoms with van der Waals surface area (Å²) in [6.45, 7) is 0. The van der Waals surface area contributed by atoms with Gasteiger partial charge < -0.3 is 10.8 Å². The minimum Gasteiger partial charge on any atom is -0.480 e. The number of hydrogen-bond donors (Lipinski definition) is 2. The van der Waals surface area contributed by atoms with Crippen LogP contribution in [0.25, 0.3) is 0 Å². The van der Waals surface area contributed by atoms with Crippen molar-refractivity contribution in [2.45, 2.75) is 6.04 Å². The topological polar surface area (TPSA) is 63.3 Å². The van der Waals surface area contributed by atoms with Crippen LogP contribution in [0.2, 0.25) is 5.02 Å². The van der Waals surface area contributed by atoms with Gasteiger partial charge in [-0.05, 0) is 6.07 Å². The summed E-state index contributed by atoms with van der Waals surface area (Å²) in [5.41, 5.74) is 5.03. The molecule has 0 aromatic heterocycles. The molecule has 0 aliphatic carbocycles. The Balaban J connectivity index is 3.24. The van der Waals surface area contributed by atoms with Crippen LogP contribution in [-0.2, 0) is 4.79 Å². The summed E-state index contributed by atoms with van der Waals surface area (Å²) < 4.78 is 25.4. The molecule has 3 N–H and O–H groups in total. The van der Waals surface area contributed by atoms with Crippen LogP contribution in [-0.4, -0.2) is 11.1 Å². The van der Waals surface area contributed by atoms with E-state index in [1.54, 1.807) is 0 Å². The lowest BCUT2D eigenvalue weighted by Gasteiger charge is -2.09. The van der Waals surface area contributed by atoms with Gasteiger partial charge in [0.1, 0.15) is 6.04 Å². The first-order valence-corrected chi connectivity index (χ1v) is 3.94. The van der Waals surface area contributed by atoms with E-state index in [1.165, 1.54) is 0 Å². The number of rotatable bonds is 2. The maximum atomic E-state index is 12.9. The summed E-state index contributed by atoms with van der Waals surface area (Å²) in [5, 5.41) is 7.92. The van der Waals surface area contributed by atoms with Crippen LogP contribution >= 0.6 is 11.6 Å². The van der Waals surface area contributed by atoms with Gasteiger partial charge in [-0.3, -0.25) is 4.79 Å². The maximum absolute atomic E-state index is 12.9. The fourth-order valence-electron chi connectivity index (χ4n) is 0.914. The molecule has 1 aromatic carbocycles. The van der Waals surface area contributed by atoms with Gasteiger partial charge >= 0.3 is 5.97 Å². The Labute approximate surface area is 83.1 Å². The maximum Gasteiger partial charge on any atom is 0.325 e. The highest BCUT2D eigenvalue weighted by Crippen LogP contribution is 2.26. The normalized spacial score (nSPS) is 12.6. The Morgan fingerprint density at radius 1 is 1.50 bits per heavy atom. The quantitative estimate of drug-likeness (QED) is 0.748. The summed E-state index contributed by atoms with van der Waals surface area (Å²) in [7, 11) is 0. The molecular formula is C8H6ClF2NO2. The molecule has 6 heteroatoms. The third-order valence-corrected chi connectivity index (χ3v) is 2.05. The van der Waals surface area contributed by atoms with Crippen molar-refractivity contribution in [1.82, 2.24) is 0 Å². The second-order valence-corrected chi connectivity index (χ2v) is 2.96. The van der Waals surface area contributed by atoms with Crippen LogP contribution in [0, 0.1) is 11.6 Å². The zero-order chi connectivity index (χ0) is 10.9. The van der Waals surface area contributed by atoms with Crippen LogP contribution in [0.1, 0.15) is 11.6 Å². The minimum absolute atomic E-state index is 0.155. The second kappa shape index (κ2) is 3.89. The van der Waals surface area contributed by atoms with Crippen LogP contribution in [0.15, 0.2) is 12.1 Å². The number of carboxylic acids is 1. The second-order valence-electron chi connectivity index (χ2n) is 2.58. The van der Waals surface area contributed by atoms with Gasteiger partial charge in [-0.1, -0.05) is 17.7 Å². The first kappa shape index (κ1) is 10.9. The highest BCUT2D eigenvalue weighted by atomic mass is 35.5. The van der Waals surface area contributed by atoms with Crippen molar-refractivity contribution >= 4 is 17.6 Å². The molecule has 1 unspecified atom stereocenters. The number of carboxylic acid groups (broad SMARTS) is 1.